The third-order valence-corrected chi connectivity index (χ3v) is 0. The van der Waals surface area contributed by atoms with Crippen LogP contribution in [0.15, 0.2) is 0 Å². The van der Waals surface area contributed by atoms with Gasteiger partial charge in [0.05, 0.1) is 0 Å². The molecule has 13 heavy (non-hydrogen) atoms. The second-order valence-electron chi connectivity index (χ2n) is 0.757. The van der Waals surface area contributed by atoms with Crippen molar-refractivity contribution in [2.24, 2.45) is 0 Å². The molecule has 0 saturated heterocycles. The Hall–Kier alpha value is 1.06. The van der Waals surface area contributed by atoms with Crippen molar-refractivity contribution in [1.29, 1.82) is 0 Å². The number of halogens is 4. The predicted octanol–water partition coefficient (Wildman–Crippen LogP) is 3.08. The zero-order valence-electron chi connectivity index (χ0n) is 5.96. The molecule has 0 rings (SSSR count). The van der Waals surface area contributed by atoms with Crippen LogP contribution in [0.2, 0.25) is 0 Å². The lowest BCUT2D eigenvalue weighted by Gasteiger charge is -1.61. The number of hydrogen-bond acceptors (Lipinski definition) is 4. The van der Waals surface area contributed by atoms with E-state index in [0.29, 0.717) is 0 Å². The zero-order valence-corrected chi connectivity index (χ0v) is 10.6. The van der Waals surface area contributed by atoms with Gasteiger partial charge in [-0.2, -0.15) is 16.8 Å². The van der Waals surface area contributed by atoms with Crippen LogP contribution in [0.5, 0.6) is 0 Å². The Morgan fingerprint density at radius 1 is 0.692 bits per heavy atom. The molecule has 0 radical (unpaired) electrons. The highest BCUT2D eigenvalue weighted by Gasteiger charge is 1.89. The van der Waals surface area contributed by atoms with E-state index in [0.717, 1.165) is 0 Å². The third kappa shape index (κ3) is 1420. The van der Waals surface area contributed by atoms with E-state index in [4.69, 9.17) is 16.8 Å². The van der Waals surface area contributed by atoms with Gasteiger partial charge in [0.2, 0.25) is 0 Å². The lowest BCUT2D eigenvalue weighted by molar-refractivity contribution is 0.620. The largest absolute Gasteiger partial charge is 0.317 e. The summed E-state index contributed by atoms with van der Waals surface area (Å²) < 4.78 is 36.7. The van der Waals surface area contributed by atoms with Crippen LogP contribution in [-0.2, 0) is 16.5 Å². The second kappa shape index (κ2) is 11.1. The van der Waals surface area contributed by atoms with Crippen molar-refractivity contribution in [2.45, 2.75) is 21.3 Å². The summed E-state index contributed by atoms with van der Waals surface area (Å²) in [5.41, 5.74) is 0. The quantitative estimate of drug-likeness (QED) is 0.644. The molecular weight excluding hydrogens is 306 g/mol. The standard InChI is InChI=1S/C2H6.CH4.2Cl2O2S/c1-2;;2*1-5(2,3)4/h1-2H3;1H4;;. The zero-order chi connectivity index (χ0) is 11.0. The molecule has 0 atom stereocenters. The summed E-state index contributed by atoms with van der Waals surface area (Å²) in [5, 5.41) is 0. The molecule has 86 valence electrons. The normalized spacial score (nSPS) is 9.38. The minimum absolute atomic E-state index is 0. The molecular formula is C3H10Cl4O4S2. The average molecular weight is 316 g/mol. The predicted molar refractivity (Wildman–Crippen MR) is 59.3 cm³/mol. The first-order valence-electron chi connectivity index (χ1n) is 2.28. The van der Waals surface area contributed by atoms with E-state index in [1.165, 1.54) is 0 Å². The first kappa shape index (κ1) is 23.7. The molecule has 0 bridgehead atoms. The third-order valence-electron chi connectivity index (χ3n) is 0. The molecule has 0 N–H and O–H groups in total. The van der Waals surface area contributed by atoms with Crippen LogP contribution in [0.25, 0.3) is 0 Å². The Morgan fingerprint density at radius 3 is 0.692 bits per heavy atom. The molecule has 0 aromatic rings. The fraction of sp³-hybridized carbons (Fsp3) is 1.00. The van der Waals surface area contributed by atoms with Gasteiger partial charge in [0, 0.05) is 42.7 Å². The molecule has 0 aliphatic heterocycles. The van der Waals surface area contributed by atoms with E-state index in [2.05, 4.69) is 42.7 Å². The van der Waals surface area contributed by atoms with Crippen LogP contribution in [0.3, 0.4) is 0 Å². The Kier molecular flexibility index (Phi) is 20.3. The smallest absolute Gasteiger partial charge is 0.195 e. The van der Waals surface area contributed by atoms with Crippen molar-refractivity contribution in [3.63, 3.8) is 0 Å². The summed E-state index contributed by atoms with van der Waals surface area (Å²) in [5.74, 6) is 0. The first-order chi connectivity index (χ1) is 5.00. The Balaban J connectivity index is -0.0000000491. The maximum absolute atomic E-state index is 9.16. The molecule has 0 unspecified atom stereocenters. The molecule has 0 aromatic heterocycles. The van der Waals surface area contributed by atoms with Gasteiger partial charge in [0.15, 0.2) is 0 Å². The molecule has 0 aliphatic rings. The molecule has 0 saturated carbocycles. The van der Waals surface area contributed by atoms with Crippen molar-refractivity contribution >= 4 is 59.3 Å². The fourth-order valence-electron chi connectivity index (χ4n) is 0. The summed E-state index contributed by atoms with van der Waals surface area (Å²) >= 11 is 0. The summed E-state index contributed by atoms with van der Waals surface area (Å²) in [6.45, 7) is 4.00. The van der Waals surface area contributed by atoms with Gasteiger partial charge in [0.1, 0.15) is 0 Å². The van der Waals surface area contributed by atoms with Crippen LogP contribution in [-0.4, -0.2) is 16.8 Å². The monoisotopic (exact) mass is 314 g/mol. The van der Waals surface area contributed by atoms with Crippen molar-refractivity contribution in [2.75, 3.05) is 0 Å². The van der Waals surface area contributed by atoms with Crippen LogP contribution in [0.4, 0.5) is 0 Å². The van der Waals surface area contributed by atoms with E-state index in [9.17, 15) is 0 Å². The molecule has 0 spiro atoms. The van der Waals surface area contributed by atoms with Crippen LogP contribution in [0.1, 0.15) is 21.3 Å². The van der Waals surface area contributed by atoms with Crippen molar-refractivity contribution in [1.82, 2.24) is 0 Å². The number of hydrogen-bond donors (Lipinski definition) is 0. The topological polar surface area (TPSA) is 68.3 Å². The van der Waals surface area contributed by atoms with E-state index >= 15 is 0 Å². The average Bonchev–Trinajstić information content (AvgIpc) is 1.59. The lowest BCUT2D eigenvalue weighted by atomic mass is 11.0. The van der Waals surface area contributed by atoms with E-state index in [-0.39, 0.29) is 7.43 Å². The van der Waals surface area contributed by atoms with Gasteiger partial charge in [-0.3, -0.25) is 0 Å². The Bertz CT molecular complexity index is 222. The summed E-state index contributed by atoms with van der Waals surface area (Å²) in [6, 6.07) is 0. The molecule has 0 fully saturated rings. The SMILES string of the molecule is C.CC.O=S(=O)(Cl)Cl.O=S(=O)(Cl)Cl. The van der Waals surface area contributed by atoms with Gasteiger partial charge >= 0.3 is 16.5 Å². The minimum Gasteiger partial charge on any atom is -0.195 e. The maximum Gasteiger partial charge on any atom is 0.317 e. The molecule has 0 amide bonds. The molecule has 0 aliphatic carbocycles. The highest BCUT2D eigenvalue weighted by molar-refractivity contribution is 8.31. The summed E-state index contributed by atoms with van der Waals surface area (Å²) in [7, 11) is 9.63. The van der Waals surface area contributed by atoms with Gasteiger partial charge < -0.3 is 0 Å². The maximum atomic E-state index is 9.16. The highest BCUT2D eigenvalue weighted by Crippen LogP contribution is 1.99. The van der Waals surface area contributed by atoms with Crippen LogP contribution >= 0.6 is 42.7 Å². The first-order valence-corrected chi connectivity index (χ1v) is 8.55. The Labute approximate surface area is 97.0 Å². The van der Waals surface area contributed by atoms with E-state index in [1.807, 2.05) is 13.8 Å². The number of rotatable bonds is 0. The van der Waals surface area contributed by atoms with Gasteiger partial charge in [-0.25, -0.2) is 0 Å². The molecule has 0 heterocycles. The fourth-order valence-corrected chi connectivity index (χ4v) is 0. The molecule has 4 nitrogen and oxygen atoms in total. The van der Waals surface area contributed by atoms with Crippen molar-refractivity contribution in [3.8, 4) is 0 Å². The highest BCUT2D eigenvalue weighted by atomic mass is 36.0. The van der Waals surface area contributed by atoms with Gasteiger partial charge in [-0.1, -0.05) is 21.3 Å². The van der Waals surface area contributed by atoms with Crippen molar-refractivity contribution < 1.29 is 16.8 Å². The van der Waals surface area contributed by atoms with Gasteiger partial charge in [-0.15, -0.1) is 0 Å². The summed E-state index contributed by atoms with van der Waals surface area (Å²) in [6.07, 6.45) is 0. The van der Waals surface area contributed by atoms with Gasteiger partial charge in [-0.05, 0) is 0 Å². The lowest BCUT2D eigenvalue weighted by Crippen LogP contribution is -1.63. The molecule has 10 heteroatoms. The van der Waals surface area contributed by atoms with Crippen LogP contribution < -0.4 is 0 Å². The van der Waals surface area contributed by atoms with Gasteiger partial charge in [0.25, 0.3) is 0 Å². The Morgan fingerprint density at radius 2 is 0.692 bits per heavy atom. The second-order valence-corrected chi connectivity index (χ2v) is 8.09. The van der Waals surface area contributed by atoms with Crippen molar-refractivity contribution in [3.05, 3.63) is 0 Å². The van der Waals surface area contributed by atoms with E-state index in [1.54, 1.807) is 0 Å². The molecule has 0 aromatic carbocycles. The van der Waals surface area contributed by atoms with E-state index < -0.39 is 16.5 Å². The van der Waals surface area contributed by atoms with Crippen LogP contribution in [0, 0.1) is 0 Å². The minimum atomic E-state index is -3.72. The summed E-state index contributed by atoms with van der Waals surface area (Å²) in [4.78, 5) is 0.